The molecule has 1 saturated heterocycles. The first kappa shape index (κ1) is 17.1. The largest absolute Gasteiger partial charge is 0.298 e. The Morgan fingerprint density at radius 2 is 1.83 bits per heavy atom. The van der Waals surface area contributed by atoms with E-state index in [1.165, 1.54) is 22.0 Å². The Morgan fingerprint density at radius 1 is 1.08 bits per heavy atom. The zero-order valence-corrected chi connectivity index (χ0v) is 15.0. The molecule has 1 aliphatic rings. The standard InChI is InChI=1S/C17H24N4O2S/c1-15-4-6-16(7-5-15)13-20-8-3-9-21(11-10-20)24(22,23)17-12-18-19(2)14-17/h4-7,12,14H,3,8-11,13H2,1-2H3. The molecular weight excluding hydrogens is 324 g/mol. The van der Waals surface area contributed by atoms with E-state index < -0.39 is 10.0 Å². The molecule has 2 aromatic rings. The quantitative estimate of drug-likeness (QED) is 0.843. The molecule has 0 atom stereocenters. The minimum absolute atomic E-state index is 0.275. The Hall–Kier alpha value is -1.70. The van der Waals surface area contributed by atoms with Gasteiger partial charge in [0.2, 0.25) is 10.0 Å². The first-order valence-corrected chi connectivity index (χ1v) is 9.66. The molecule has 3 rings (SSSR count). The highest BCUT2D eigenvalue weighted by Crippen LogP contribution is 2.18. The third-order valence-electron chi connectivity index (χ3n) is 4.39. The third kappa shape index (κ3) is 3.85. The molecular formula is C17H24N4O2S. The average Bonchev–Trinajstić information content (AvgIpc) is 2.86. The number of benzene rings is 1. The second-order valence-electron chi connectivity index (χ2n) is 6.37. The molecule has 1 fully saturated rings. The van der Waals surface area contributed by atoms with Crippen LogP contribution in [0.2, 0.25) is 0 Å². The highest BCUT2D eigenvalue weighted by Gasteiger charge is 2.27. The van der Waals surface area contributed by atoms with E-state index in [9.17, 15) is 8.42 Å². The van der Waals surface area contributed by atoms with E-state index in [-0.39, 0.29) is 4.90 Å². The molecule has 0 N–H and O–H groups in total. The molecule has 2 heterocycles. The van der Waals surface area contributed by atoms with Crippen LogP contribution in [0.15, 0.2) is 41.6 Å². The Bertz CT molecular complexity index is 783. The van der Waals surface area contributed by atoms with Crippen molar-refractivity contribution in [3.63, 3.8) is 0 Å². The molecule has 0 aliphatic carbocycles. The van der Waals surface area contributed by atoms with Gasteiger partial charge in [-0.1, -0.05) is 29.8 Å². The maximum atomic E-state index is 12.7. The van der Waals surface area contributed by atoms with Crippen molar-refractivity contribution in [2.75, 3.05) is 26.2 Å². The highest BCUT2D eigenvalue weighted by molar-refractivity contribution is 7.89. The summed E-state index contributed by atoms with van der Waals surface area (Å²) in [5.74, 6) is 0. The maximum Gasteiger partial charge on any atom is 0.246 e. The van der Waals surface area contributed by atoms with Crippen molar-refractivity contribution >= 4 is 10.0 Å². The first-order chi connectivity index (χ1) is 11.4. The van der Waals surface area contributed by atoms with E-state index in [0.29, 0.717) is 13.1 Å². The van der Waals surface area contributed by atoms with Crippen LogP contribution in [0.5, 0.6) is 0 Å². The maximum absolute atomic E-state index is 12.7. The van der Waals surface area contributed by atoms with Crippen LogP contribution in [-0.4, -0.2) is 53.6 Å². The fraction of sp³-hybridized carbons (Fsp3) is 0.471. The summed E-state index contributed by atoms with van der Waals surface area (Å²) in [6.07, 6.45) is 3.82. The van der Waals surface area contributed by atoms with Crippen LogP contribution in [0.1, 0.15) is 17.5 Å². The topological polar surface area (TPSA) is 58.4 Å². The second kappa shape index (κ2) is 7.04. The molecule has 1 aromatic carbocycles. The van der Waals surface area contributed by atoms with Crippen LogP contribution in [0.3, 0.4) is 0 Å². The lowest BCUT2D eigenvalue weighted by Crippen LogP contribution is -2.35. The smallest absolute Gasteiger partial charge is 0.246 e. The number of sulfonamides is 1. The summed E-state index contributed by atoms with van der Waals surface area (Å²) in [5, 5.41) is 3.98. The van der Waals surface area contributed by atoms with Crippen molar-refractivity contribution in [1.82, 2.24) is 19.0 Å². The van der Waals surface area contributed by atoms with E-state index >= 15 is 0 Å². The molecule has 0 amide bonds. The van der Waals surface area contributed by atoms with Gasteiger partial charge in [-0.05, 0) is 25.5 Å². The Morgan fingerprint density at radius 3 is 2.50 bits per heavy atom. The van der Waals surface area contributed by atoms with Gasteiger partial charge in [-0.15, -0.1) is 0 Å². The lowest BCUT2D eigenvalue weighted by atomic mass is 10.1. The van der Waals surface area contributed by atoms with Gasteiger partial charge in [0.15, 0.2) is 0 Å². The molecule has 6 nitrogen and oxygen atoms in total. The van der Waals surface area contributed by atoms with E-state index in [1.54, 1.807) is 17.5 Å². The van der Waals surface area contributed by atoms with Crippen LogP contribution < -0.4 is 0 Å². The number of aromatic nitrogens is 2. The number of aryl methyl sites for hydroxylation is 2. The number of hydrogen-bond acceptors (Lipinski definition) is 4. The van der Waals surface area contributed by atoms with Gasteiger partial charge in [-0.2, -0.15) is 9.40 Å². The zero-order valence-electron chi connectivity index (χ0n) is 14.2. The summed E-state index contributed by atoms with van der Waals surface area (Å²) >= 11 is 0. The predicted octanol–water partition coefficient (Wildman–Crippen LogP) is 1.63. The van der Waals surface area contributed by atoms with Gasteiger partial charge < -0.3 is 0 Å². The van der Waals surface area contributed by atoms with Gasteiger partial charge in [0, 0.05) is 39.4 Å². The number of hydrogen-bond donors (Lipinski definition) is 0. The SMILES string of the molecule is Cc1ccc(CN2CCCN(S(=O)(=O)c3cnn(C)c3)CC2)cc1. The summed E-state index contributed by atoms with van der Waals surface area (Å²) in [7, 11) is -1.72. The van der Waals surface area contributed by atoms with E-state index in [2.05, 4.69) is 41.2 Å². The summed E-state index contributed by atoms with van der Waals surface area (Å²) in [5.41, 5.74) is 2.52. The fourth-order valence-electron chi connectivity index (χ4n) is 2.98. The molecule has 0 saturated carbocycles. The molecule has 0 spiro atoms. The van der Waals surface area contributed by atoms with Crippen LogP contribution in [0, 0.1) is 6.92 Å². The van der Waals surface area contributed by atoms with Gasteiger partial charge >= 0.3 is 0 Å². The van der Waals surface area contributed by atoms with Crippen molar-refractivity contribution in [3.05, 3.63) is 47.8 Å². The summed E-state index contributed by atoms with van der Waals surface area (Å²) in [6.45, 7) is 5.67. The molecule has 24 heavy (non-hydrogen) atoms. The minimum atomic E-state index is -3.44. The van der Waals surface area contributed by atoms with Crippen molar-refractivity contribution in [2.24, 2.45) is 7.05 Å². The van der Waals surface area contributed by atoms with Crippen LogP contribution in [0.4, 0.5) is 0 Å². The van der Waals surface area contributed by atoms with Crippen molar-refractivity contribution < 1.29 is 8.42 Å². The van der Waals surface area contributed by atoms with Crippen LogP contribution in [0.25, 0.3) is 0 Å². The fourth-order valence-corrected chi connectivity index (χ4v) is 4.43. The molecule has 0 bridgehead atoms. The lowest BCUT2D eigenvalue weighted by molar-refractivity contribution is 0.278. The van der Waals surface area contributed by atoms with Gasteiger partial charge in [-0.3, -0.25) is 9.58 Å². The number of rotatable bonds is 4. The van der Waals surface area contributed by atoms with Crippen molar-refractivity contribution in [2.45, 2.75) is 24.8 Å². The minimum Gasteiger partial charge on any atom is -0.298 e. The van der Waals surface area contributed by atoms with Crippen molar-refractivity contribution in [1.29, 1.82) is 0 Å². The average molecular weight is 348 g/mol. The van der Waals surface area contributed by atoms with Gasteiger partial charge in [0.05, 0.1) is 6.20 Å². The molecule has 130 valence electrons. The monoisotopic (exact) mass is 348 g/mol. The molecule has 0 radical (unpaired) electrons. The number of nitrogens with zero attached hydrogens (tertiary/aromatic N) is 4. The van der Waals surface area contributed by atoms with Crippen LogP contribution >= 0.6 is 0 Å². The Balaban J connectivity index is 1.65. The molecule has 0 unspecified atom stereocenters. The predicted molar refractivity (Wildman–Crippen MR) is 93.0 cm³/mol. The highest BCUT2D eigenvalue weighted by atomic mass is 32.2. The van der Waals surface area contributed by atoms with E-state index in [1.807, 2.05) is 0 Å². The molecule has 1 aliphatic heterocycles. The van der Waals surface area contributed by atoms with Gasteiger partial charge in [0.1, 0.15) is 4.90 Å². The Labute approximate surface area is 143 Å². The third-order valence-corrected chi connectivity index (χ3v) is 6.24. The normalized spacial score (nSPS) is 17.8. The Kier molecular flexibility index (Phi) is 5.03. The lowest BCUT2D eigenvalue weighted by Gasteiger charge is -2.21. The summed E-state index contributed by atoms with van der Waals surface area (Å²) in [4.78, 5) is 2.60. The molecule has 7 heteroatoms. The van der Waals surface area contributed by atoms with Gasteiger partial charge in [-0.25, -0.2) is 8.42 Å². The molecule has 1 aromatic heterocycles. The van der Waals surface area contributed by atoms with Crippen molar-refractivity contribution in [3.8, 4) is 0 Å². The van der Waals surface area contributed by atoms with Crippen LogP contribution in [-0.2, 0) is 23.6 Å². The zero-order chi connectivity index (χ0) is 17.2. The second-order valence-corrected chi connectivity index (χ2v) is 8.31. The first-order valence-electron chi connectivity index (χ1n) is 8.22. The van der Waals surface area contributed by atoms with Gasteiger partial charge in [0.25, 0.3) is 0 Å². The van der Waals surface area contributed by atoms with E-state index in [4.69, 9.17) is 0 Å². The summed E-state index contributed by atoms with van der Waals surface area (Å²) < 4.78 is 28.5. The summed E-state index contributed by atoms with van der Waals surface area (Å²) in [6, 6.07) is 8.52. The van der Waals surface area contributed by atoms with E-state index in [0.717, 1.165) is 26.1 Å².